The van der Waals surface area contributed by atoms with Gasteiger partial charge in [-0.3, -0.25) is 14.5 Å². The molecular formula is C18H19ClF3N5O2. The van der Waals surface area contributed by atoms with Crippen molar-refractivity contribution in [1.29, 1.82) is 0 Å². The molecule has 2 aromatic rings. The molecule has 1 fully saturated rings. The van der Waals surface area contributed by atoms with Crippen LogP contribution in [0.4, 0.5) is 13.2 Å². The van der Waals surface area contributed by atoms with E-state index in [0.717, 1.165) is 6.20 Å². The van der Waals surface area contributed by atoms with Crippen LogP contribution >= 0.6 is 11.6 Å². The summed E-state index contributed by atoms with van der Waals surface area (Å²) >= 11 is 5.88. The van der Waals surface area contributed by atoms with Gasteiger partial charge in [-0.2, -0.15) is 18.3 Å². The molecule has 0 unspecified atom stereocenters. The summed E-state index contributed by atoms with van der Waals surface area (Å²) in [5, 5.41) is 6.57. The number of carbonyl (C=O) groups excluding carboxylic acids is 2. The van der Waals surface area contributed by atoms with Crippen LogP contribution in [0.5, 0.6) is 0 Å². The molecule has 1 N–H and O–H groups in total. The average Bonchev–Trinajstić information content (AvgIpc) is 3.13. The normalized spacial score (nSPS) is 15.4. The molecule has 0 bridgehead atoms. The molecule has 2 heterocycles. The molecule has 0 radical (unpaired) electrons. The third-order valence-electron chi connectivity index (χ3n) is 4.63. The second-order valence-electron chi connectivity index (χ2n) is 6.54. The highest BCUT2D eigenvalue weighted by Gasteiger charge is 2.41. The summed E-state index contributed by atoms with van der Waals surface area (Å²) in [4.78, 5) is 27.4. The molecule has 2 amide bonds. The lowest BCUT2D eigenvalue weighted by Gasteiger charge is -2.34. The Hall–Kier alpha value is -2.59. The zero-order chi connectivity index (χ0) is 21.2. The molecule has 11 heteroatoms. The molecule has 156 valence electrons. The lowest BCUT2D eigenvalue weighted by Crippen LogP contribution is -2.51. The summed E-state index contributed by atoms with van der Waals surface area (Å²) in [5.41, 5.74) is -1.55. The van der Waals surface area contributed by atoms with Crippen LogP contribution < -0.4 is 5.32 Å². The van der Waals surface area contributed by atoms with Crippen LogP contribution in [0.1, 0.15) is 16.1 Å². The van der Waals surface area contributed by atoms with Gasteiger partial charge in [-0.15, -0.1) is 0 Å². The summed E-state index contributed by atoms with van der Waals surface area (Å²) in [6, 6.07) is 5.81. The molecule has 0 aliphatic carbocycles. The van der Waals surface area contributed by atoms with Gasteiger partial charge in [0.25, 0.3) is 5.91 Å². The monoisotopic (exact) mass is 429 g/mol. The van der Waals surface area contributed by atoms with Crippen LogP contribution in [0.3, 0.4) is 0 Å². The number of aromatic nitrogens is 2. The van der Waals surface area contributed by atoms with Crippen molar-refractivity contribution in [3.05, 3.63) is 46.7 Å². The Kier molecular flexibility index (Phi) is 6.13. The molecule has 0 atom stereocenters. The Bertz CT molecular complexity index is 907. The number of piperazine rings is 1. The van der Waals surface area contributed by atoms with Crippen LogP contribution in [0.25, 0.3) is 5.69 Å². The first-order chi connectivity index (χ1) is 13.7. The van der Waals surface area contributed by atoms with Crippen molar-refractivity contribution in [2.75, 3.05) is 39.8 Å². The minimum absolute atomic E-state index is 0.110. The average molecular weight is 430 g/mol. The zero-order valence-corrected chi connectivity index (χ0v) is 16.3. The third-order valence-corrected chi connectivity index (χ3v) is 4.86. The van der Waals surface area contributed by atoms with Crippen molar-refractivity contribution in [2.45, 2.75) is 6.18 Å². The van der Waals surface area contributed by atoms with Crippen LogP contribution in [0.15, 0.2) is 30.5 Å². The molecule has 1 aliphatic heterocycles. The molecule has 0 spiro atoms. The van der Waals surface area contributed by atoms with Gasteiger partial charge in [-0.05, 0) is 18.2 Å². The number of benzene rings is 1. The fourth-order valence-corrected chi connectivity index (χ4v) is 3.33. The van der Waals surface area contributed by atoms with E-state index in [1.54, 1.807) is 0 Å². The number of carbonyl (C=O) groups is 2. The highest BCUT2D eigenvalue weighted by molar-refractivity contribution is 6.30. The van der Waals surface area contributed by atoms with Gasteiger partial charge in [0, 0.05) is 38.2 Å². The summed E-state index contributed by atoms with van der Waals surface area (Å²) < 4.78 is 42.0. The fourth-order valence-electron chi connectivity index (χ4n) is 3.14. The SMILES string of the molecule is CNC(=O)CN1CCN(C(=O)c2cnn(-c3cccc(Cl)c3)c2C(F)(F)F)CC1. The smallest absolute Gasteiger partial charge is 0.358 e. The zero-order valence-electron chi connectivity index (χ0n) is 15.5. The van der Waals surface area contributed by atoms with Crippen LogP contribution in [0, 0.1) is 0 Å². The summed E-state index contributed by atoms with van der Waals surface area (Å²) in [6.07, 6.45) is -3.85. The highest BCUT2D eigenvalue weighted by Crippen LogP contribution is 2.34. The van der Waals surface area contributed by atoms with Crippen molar-refractivity contribution >= 4 is 23.4 Å². The Labute approximate surface area is 170 Å². The molecule has 1 aromatic carbocycles. The van der Waals surface area contributed by atoms with Crippen molar-refractivity contribution in [3.63, 3.8) is 0 Å². The van der Waals surface area contributed by atoms with E-state index in [1.807, 2.05) is 4.90 Å². The second-order valence-corrected chi connectivity index (χ2v) is 6.97. The number of nitrogens with zero attached hydrogens (tertiary/aromatic N) is 4. The molecule has 3 rings (SSSR count). The van der Waals surface area contributed by atoms with Crippen LogP contribution in [-0.4, -0.2) is 71.2 Å². The number of halogens is 4. The maximum Gasteiger partial charge on any atom is 0.434 e. The number of nitrogens with one attached hydrogen (secondary N) is 1. The van der Waals surface area contributed by atoms with Crippen molar-refractivity contribution in [2.24, 2.45) is 0 Å². The molecule has 29 heavy (non-hydrogen) atoms. The molecule has 1 saturated heterocycles. The first-order valence-electron chi connectivity index (χ1n) is 8.84. The van der Waals surface area contributed by atoms with E-state index in [0.29, 0.717) is 17.8 Å². The van der Waals surface area contributed by atoms with Gasteiger partial charge in [0.2, 0.25) is 5.91 Å². The van der Waals surface area contributed by atoms with Crippen molar-refractivity contribution in [3.8, 4) is 5.69 Å². The number of likely N-dealkylation sites (N-methyl/N-ethyl adjacent to an activating group) is 1. The summed E-state index contributed by atoms with van der Waals surface area (Å²) in [5.74, 6) is -0.905. The standard InChI is InChI=1S/C18H19ClF3N5O2/c1-23-15(28)11-25-5-7-26(8-6-25)17(29)14-10-24-27(16(14)18(20,21)22)13-4-2-3-12(19)9-13/h2-4,9-10H,5-8,11H2,1H3,(H,23,28). The minimum atomic E-state index is -4.79. The van der Waals surface area contributed by atoms with Gasteiger partial charge >= 0.3 is 6.18 Å². The van der Waals surface area contributed by atoms with Crippen molar-refractivity contribution in [1.82, 2.24) is 24.9 Å². The quantitative estimate of drug-likeness (QED) is 0.807. The number of amides is 2. The van der Waals surface area contributed by atoms with Gasteiger partial charge in [-0.1, -0.05) is 17.7 Å². The van der Waals surface area contributed by atoms with E-state index < -0.39 is 23.3 Å². The molecule has 1 aliphatic rings. The Balaban J connectivity index is 1.84. The number of hydrogen-bond acceptors (Lipinski definition) is 4. The van der Waals surface area contributed by atoms with E-state index in [9.17, 15) is 22.8 Å². The highest BCUT2D eigenvalue weighted by atomic mass is 35.5. The van der Waals surface area contributed by atoms with Crippen LogP contribution in [-0.2, 0) is 11.0 Å². The molecule has 0 saturated carbocycles. The largest absolute Gasteiger partial charge is 0.434 e. The van der Waals surface area contributed by atoms with E-state index in [4.69, 9.17) is 11.6 Å². The third kappa shape index (κ3) is 4.70. The van der Waals surface area contributed by atoms with Gasteiger partial charge < -0.3 is 10.2 Å². The lowest BCUT2D eigenvalue weighted by atomic mass is 10.2. The van der Waals surface area contributed by atoms with E-state index in [2.05, 4.69) is 10.4 Å². The second kappa shape index (κ2) is 8.42. The number of rotatable bonds is 4. The van der Waals surface area contributed by atoms with Crippen molar-refractivity contribution < 1.29 is 22.8 Å². The maximum atomic E-state index is 13.8. The maximum absolute atomic E-state index is 13.8. The van der Waals surface area contributed by atoms with Gasteiger partial charge in [-0.25, -0.2) is 4.68 Å². The first-order valence-corrected chi connectivity index (χ1v) is 9.22. The Morgan fingerprint density at radius 2 is 1.90 bits per heavy atom. The van der Waals surface area contributed by atoms with E-state index in [-0.39, 0.29) is 36.3 Å². The predicted octanol–water partition coefficient (Wildman–Crippen LogP) is 2.05. The van der Waals surface area contributed by atoms with Gasteiger partial charge in [0.1, 0.15) is 0 Å². The molecule has 7 nitrogen and oxygen atoms in total. The number of alkyl halides is 3. The lowest BCUT2D eigenvalue weighted by molar-refractivity contribution is -0.143. The van der Waals surface area contributed by atoms with Gasteiger partial charge in [0.05, 0.1) is 24.0 Å². The van der Waals surface area contributed by atoms with Gasteiger partial charge in [0.15, 0.2) is 5.69 Å². The fraction of sp³-hybridized carbons (Fsp3) is 0.389. The minimum Gasteiger partial charge on any atom is -0.358 e. The Morgan fingerprint density at radius 1 is 1.21 bits per heavy atom. The predicted molar refractivity (Wildman–Crippen MR) is 100.0 cm³/mol. The Morgan fingerprint density at radius 3 is 2.48 bits per heavy atom. The summed E-state index contributed by atoms with van der Waals surface area (Å²) in [7, 11) is 1.53. The molecule has 1 aromatic heterocycles. The summed E-state index contributed by atoms with van der Waals surface area (Å²) in [6.45, 7) is 1.40. The molecular weight excluding hydrogens is 411 g/mol. The van der Waals surface area contributed by atoms with E-state index in [1.165, 1.54) is 36.2 Å². The van der Waals surface area contributed by atoms with E-state index >= 15 is 0 Å². The number of hydrogen-bond donors (Lipinski definition) is 1. The topological polar surface area (TPSA) is 70.5 Å². The van der Waals surface area contributed by atoms with Crippen LogP contribution in [0.2, 0.25) is 5.02 Å². The first kappa shape index (κ1) is 21.1.